The third-order valence-corrected chi connectivity index (χ3v) is 1.62. The standard InChI is InChI=1S/C9H15F3O2/c1-7(2)8(13)4-3-5-14-6-9(10,11)12/h7H,3-6H2,1-2H3. The lowest BCUT2D eigenvalue weighted by molar-refractivity contribution is -0.174. The fourth-order valence-corrected chi connectivity index (χ4v) is 0.825. The molecule has 0 aromatic rings. The summed E-state index contributed by atoms with van der Waals surface area (Å²) in [5.41, 5.74) is 0. The van der Waals surface area contributed by atoms with Crippen molar-refractivity contribution < 1.29 is 22.7 Å². The van der Waals surface area contributed by atoms with Gasteiger partial charge in [0.2, 0.25) is 0 Å². The molecule has 84 valence electrons. The van der Waals surface area contributed by atoms with E-state index in [1.165, 1.54) is 0 Å². The van der Waals surface area contributed by atoms with Gasteiger partial charge in [0, 0.05) is 18.9 Å². The summed E-state index contributed by atoms with van der Waals surface area (Å²) in [5.74, 6) is -0.00164. The SMILES string of the molecule is CC(C)C(=O)CCCOCC(F)(F)F. The molecule has 0 aromatic carbocycles. The molecule has 2 nitrogen and oxygen atoms in total. The number of ketones is 1. The summed E-state index contributed by atoms with van der Waals surface area (Å²) in [6, 6.07) is 0. The first-order valence-corrected chi connectivity index (χ1v) is 4.50. The maximum Gasteiger partial charge on any atom is 0.411 e. The van der Waals surface area contributed by atoms with Crippen LogP contribution in [0.1, 0.15) is 26.7 Å². The molecule has 0 atom stereocenters. The van der Waals surface area contributed by atoms with E-state index in [0.29, 0.717) is 6.42 Å². The minimum absolute atomic E-state index is 0.0159. The number of hydrogen-bond donors (Lipinski definition) is 0. The molecule has 0 radical (unpaired) electrons. The second-order valence-corrected chi connectivity index (χ2v) is 3.39. The van der Waals surface area contributed by atoms with Crippen LogP contribution in [0, 0.1) is 5.92 Å². The Morgan fingerprint density at radius 2 is 1.93 bits per heavy atom. The molecule has 0 aliphatic rings. The van der Waals surface area contributed by atoms with Crippen molar-refractivity contribution in [3.63, 3.8) is 0 Å². The molecule has 0 aliphatic carbocycles. The van der Waals surface area contributed by atoms with Crippen LogP contribution in [0.25, 0.3) is 0 Å². The van der Waals surface area contributed by atoms with Gasteiger partial charge in [0.05, 0.1) is 0 Å². The molecule has 0 saturated heterocycles. The van der Waals surface area contributed by atoms with Gasteiger partial charge < -0.3 is 4.74 Å². The summed E-state index contributed by atoms with van der Waals surface area (Å²) >= 11 is 0. The molecule has 0 heterocycles. The van der Waals surface area contributed by atoms with Crippen LogP contribution >= 0.6 is 0 Å². The van der Waals surface area contributed by atoms with Gasteiger partial charge in [-0.05, 0) is 6.42 Å². The first kappa shape index (κ1) is 13.4. The van der Waals surface area contributed by atoms with Gasteiger partial charge in [-0.2, -0.15) is 13.2 Å². The van der Waals surface area contributed by atoms with Crippen LogP contribution in [0.3, 0.4) is 0 Å². The summed E-state index contributed by atoms with van der Waals surface area (Å²) in [7, 11) is 0. The monoisotopic (exact) mass is 212 g/mol. The number of hydrogen-bond acceptors (Lipinski definition) is 2. The predicted octanol–water partition coefficient (Wildman–Crippen LogP) is 2.57. The molecule has 5 heteroatoms. The Hall–Kier alpha value is -0.580. The molecule has 0 spiro atoms. The minimum atomic E-state index is -4.28. The zero-order chi connectivity index (χ0) is 11.2. The van der Waals surface area contributed by atoms with Crippen molar-refractivity contribution in [2.45, 2.75) is 32.9 Å². The summed E-state index contributed by atoms with van der Waals surface area (Å²) in [6.45, 7) is 2.28. The van der Waals surface area contributed by atoms with Gasteiger partial charge in [0.1, 0.15) is 12.4 Å². The van der Waals surface area contributed by atoms with E-state index >= 15 is 0 Å². The van der Waals surface area contributed by atoms with Gasteiger partial charge >= 0.3 is 6.18 Å². The van der Waals surface area contributed by atoms with Gasteiger partial charge in [-0.15, -0.1) is 0 Å². The molecule has 0 unspecified atom stereocenters. The molecular formula is C9H15F3O2. The lowest BCUT2D eigenvalue weighted by Gasteiger charge is -2.07. The Balaban J connectivity index is 3.35. The van der Waals surface area contributed by atoms with Gasteiger partial charge in [-0.1, -0.05) is 13.8 Å². The molecule has 0 saturated carbocycles. The first-order valence-electron chi connectivity index (χ1n) is 4.50. The van der Waals surface area contributed by atoms with Crippen molar-refractivity contribution in [3.05, 3.63) is 0 Å². The van der Waals surface area contributed by atoms with Crippen LogP contribution in [0.4, 0.5) is 13.2 Å². The van der Waals surface area contributed by atoms with Crippen molar-refractivity contribution in [1.29, 1.82) is 0 Å². The largest absolute Gasteiger partial charge is 0.411 e. The van der Waals surface area contributed by atoms with E-state index in [2.05, 4.69) is 4.74 Å². The van der Waals surface area contributed by atoms with Crippen LogP contribution in [-0.4, -0.2) is 25.2 Å². The molecule has 0 rings (SSSR count). The third kappa shape index (κ3) is 8.04. The lowest BCUT2D eigenvalue weighted by atomic mass is 10.1. The van der Waals surface area contributed by atoms with Crippen molar-refractivity contribution in [2.75, 3.05) is 13.2 Å². The average molecular weight is 212 g/mol. The zero-order valence-electron chi connectivity index (χ0n) is 8.36. The lowest BCUT2D eigenvalue weighted by Crippen LogP contribution is -2.18. The number of Topliss-reactive ketones (excluding diaryl/α,β-unsaturated/α-hetero) is 1. The molecule has 0 N–H and O–H groups in total. The normalized spacial score (nSPS) is 12.1. The molecular weight excluding hydrogens is 197 g/mol. The molecule has 0 bridgehead atoms. The van der Waals surface area contributed by atoms with Crippen LogP contribution in [-0.2, 0) is 9.53 Å². The molecule has 14 heavy (non-hydrogen) atoms. The number of halogens is 3. The second kappa shape index (κ2) is 6.01. The fourth-order valence-electron chi connectivity index (χ4n) is 0.825. The molecule has 0 fully saturated rings. The average Bonchev–Trinajstić information content (AvgIpc) is 2.01. The third-order valence-electron chi connectivity index (χ3n) is 1.62. The van der Waals surface area contributed by atoms with E-state index in [1.54, 1.807) is 13.8 Å². The van der Waals surface area contributed by atoms with Crippen LogP contribution in [0.15, 0.2) is 0 Å². The Bertz CT molecular complexity index is 175. The van der Waals surface area contributed by atoms with E-state index in [0.717, 1.165) is 0 Å². The highest BCUT2D eigenvalue weighted by Crippen LogP contribution is 2.14. The highest BCUT2D eigenvalue weighted by atomic mass is 19.4. The van der Waals surface area contributed by atoms with E-state index < -0.39 is 12.8 Å². The smallest absolute Gasteiger partial charge is 0.372 e. The molecule has 0 amide bonds. The van der Waals surface area contributed by atoms with E-state index in [4.69, 9.17) is 0 Å². The Labute approximate surface area is 81.4 Å². The molecule has 0 aromatic heterocycles. The highest BCUT2D eigenvalue weighted by molar-refractivity contribution is 5.80. The van der Waals surface area contributed by atoms with Crippen molar-refractivity contribution in [3.8, 4) is 0 Å². The van der Waals surface area contributed by atoms with E-state index in [1.807, 2.05) is 0 Å². The highest BCUT2D eigenvalue weighted by Gasteiger charge is 2.27. The molecule has 0 aliphatic heterocycles. The summed E-state index contributed by atoms with van der Waals surface area (Å²) in [5, 5.41) is 0. The predicted molar refractivity (Wildman–Crippen MR) is 46.0 cm³/mol. The van der Waals surface area contributed by atoms with Gasteiger partial charge in [0.15, 0.2) is 0 Å². The van der Waals surface area contributed by atoms with Gasteiger partial charge in [-0.25, -0.2) is 0 Å². The van der Waals surface area contributed by atoms with E-state index in [9.17, 15) is 18.0 Å². The first-order chi connectivity index (χ1) is 6.33. The quantitative estimate of drug-likeness (QED) is 0.632. The van der Waals surface area contributed by atoms with Crippen molar-refractivity contribution >= 4 is 5.78 Å². The van der Waals surface area contributed by atoms with Crippen LogP contribution in [0.5, 0.6) is 0 Å². The number of alkyl halides is 3. The summed E-state index contributed by atoms with van der Waals surface area (Å²) < 4.78 is 39.1. The summed E-state index contributed by atoms with van der Waals surface area (Å²) in [6.07, 6.45) is -3.63. The minimum Gasteiger partial charge on any atom is -0.372 e. The van der Waals surface area contributed by atoms with E-state index in [-0.39, 0.29) is 24.7 Å². The fraction of sp³-hybridized carbons (Fsp3) is 0.889. The van der Waals surface area contributed by atoms with Crippen molar-refractivity contribution in [1.82, 2.24) is 0 Å². The number of carbonyl (C=O) groups excluding carboxylic acids is 1. The van der Waals surface area contributed by atoms with Gasteiger partial charge in [0.25, 0.3) is 0 Å². The Morgan fingerprint density at radius 3 is 2.36 bits per heavy atom. The van der Waals surface area contributed by atoms with Crippen LogP contribution < -0.4 is 0 Å². The summed E-state index contributed by atoms with van der Waals surface area (Å²) in [4.78, 5) is 11.0. The zero-order valence-corrected chi connectivity index (χ0v) is 8.36. The maximum absolute atomic E-state index is 11.6. The van der Waals surface area contributed by atoms with Gasteiger partial charge in [-0.3, -0.25) is 4.79 Å². The maximum atomic E-state index is 11.6. The number of rotatable bonds is 6. The van der Waals surface area contributed by atoms with Crippen LogP contribution in [0.2, 0.25) is 0 Å². The Kier molecular flexibility index (Phi) is 5.76. The number of ether oxygens (including phenoxy) is 1. The second-order valence-electron chi connectivity index (χ2n) is 3.39. The topological polar surface area (TPSA) is 26.3 Å². The van der Waals surface area contributed by atoms with Crippen molar-refractivity contribution in [2.24, 2.45) is 5.92 Å². The number of carbonyl (C=O) groups is 1. The Morgan fingerprint density at radius 1 is 1.36 bits per heavy atom.